The highest BCUT2D eigenvalue weighted by Crippen LogP contribution is 2.16. The summed E-state index contributed by atoms with van der Waals surface area (Å²) in [4.78, 5) is 11.9. The van der Waals surface area contributed by atoms with Crippen LogP contribution in [-0.4, -0.2) is 11.1 Å². The Balaban J connectivity index is 3.05. The lowest BCUT2D eigenvalue weighted by Crippen LogP contribution is -2.04. The quantitative estimate of drug-likeness (QED) is 0.587. The standard InChI is InChI=1S/C13H17BrO/c1-3-10-5-6-11(4-2)12(9-10)13(15)7-8-14/h5-6,9H,3-4,7-8H2,1-2H3. The summed E-state index contributed by atoms with van der Waals surface area (Å²) in [6.45, 7) is 4.20. The molecule has 0 N–H and O–H groups in total. The Morgan fingerprint density at radius 1 is 1.27 bits per heavy atom. The highest BCUT2D eigenvalue weighted by Gasteiger charge is 2.10. The molecular formula is C13H17BrO. The monoisotopic (exact) mass is 268 g/mol. The number of ketones is 1. The van der Waals surface area contributed by atoms with Gasteiger partial charge in [-0.25, -0.2) is 0 Å². The molecule has 0 spiro atoms. The van der Waals surface area contributed by atoms with Gasteiger partial charge in [-0.3, -0.25) is 4.79 Å². The third-order valence-electron chi connectivity index (χ3n) is 2.59. The van der Waals surface area contributed by atoms with Gasteiger partial charge in [0.05, 0.1) is 0 Å². The van der Waals surface area contributed by atoms with Gasteiger partial charge in [0.1, 0.15) is 0 Å². The Hall–Kier alpha value is -0.630. The van der Waals surface area contributed by atoms with E-state index in [1.165, 1.54) is 5.56 Å². The number of Topliss-reactive ketones (excluding diaryl/α,β-unsaturated/α-hetero) is 1. The fourth-order valence-electron chi connectivity index (χ4n) is 1.63. The average Bonchev–Trinajstić information content (AvgIpc) is 2.28. The van der Waals surface area contributed by atoms with Crippen molar-refractivity contribution in [2.24, 2.45) is 0 Å². The number of rotatable bonds is 5. The normalized spacial score (nSPS) is 10.3. The molecule has 1 rings (SSSR count). The molecule has 1 nitrogen and oxygen atoms in total. The molecule has 0 saturated heterocycles. The number of alkyl halides is 1. The van der Waals surface area contributed by atoms with E-state index in [1.54, 1.807) is 0 Å². The Bertz CT molecular complexity index is 344. The molecule has 0 unspecified atom stereocenters. The minimum Gasteiger partial charge on any atom is -0.294 e. The molecule has 0 heterocycles. The second-order valence-corrected chi connectivity index (χ2v) is 4.35. The van der Waals surface area contributed by atoms with Crippen molar-refractivity contribution < 1.29 is 4.79 Å². The minimum absolute atomic E-state index is 0.249. The maximum absolute atomic E-state index is 11.9. The summed E-state index contributed by atoms with van der Waals surface area (Å²) in [6.07, 6.45) is 2.49. The molecule has 0 amide bonds. The van der Waals surface area contributed by atoms with E-state index in [4.69, 9.17) is 0 Å². The van der Waals surface area contributed by atoms with Crippen molar-refractivity contribution in [1.82, 2.24) is 0 Å². The van der Waals surface area contributed by atoms with E-state index in [0.717, 1.165) is 29.3 Å². The molecule has 1 aromatic carbocycles. The van der Waals surface area contributed by atoms with Crippen LogP contribution in [0.1, 0.15) is 41.8 Å². The Labute approximate surface area is 100 Å². The topological polar surface area (TPSA) is 17.1 Å². The lowest BCUT2D eigenvalue weighted by Gasteiger charge is -2.08. The smallest absolute Gasteiger partial charge is 0.163 e. The molecule has 0 aliphatic rings. The van der Waals surface area contributed by atoms with E-state index < -0.39 is 0 Å². The molecule has 2 heteroatoms. The van der Waals surface area contributed by atoms with Crippen molar-refractivity contribution in [2.45, 2.75) is 33.1 Å². The lowest BCUT2D eigenvalue weighted by molar-refractivity contribution is 0.0989. The number of hydrogen-bond donors (Lipinski definition) is 0. The van der Waals surface area contributed by atoms with Crippen LogP contribution in [0.5, 0.6) is 0 Å². The zero-order chi connectivity index (χ0) is 11.3. The molecule has 82 valence electrons. The van der Waals surface area contributed by atoms with Gasteiger partial charge >= 0.3 is 0 Å². The number of hydrogen-bond acceptors (Lipinski definition) is 1. The molecular weight excluding hydrogens is 252 g/mol. The van der Waals surface area contributed by atoms with E-state index in [2.05, 4.69) is 41.9 Å². The van der Waals surface area contributed by atoms with Gasteiger partial charge in [-0.1, -0.05) is 41.9 Å². The SMILES string of the molecule is CCc1ccc(CC)c(C(=O)CCBr)c1. The van der Waals surface area contributed by atoms with E-state index >= 15 is 0 Å². The van der Waals surface area contributed by atoms with Crippen LogP contribution >= 0.6 is 15.9 Å². The molecule has 15 heavy (non-hydrogen) atoms. The number of carbonyl (C=O) groups is 1. The van der Waals surface area contributed by atoms with Crippen LogP contribution in [0.15, 0.2) is 18.2 Å². The predicted octanol–water partition coefficient (Wildman–Crippen LogP) is 3.78. The highest BCUT2D eigenvalue weighted by atomic mass is 79.9. The maximum Gasteiger partial charge on any atom is 0.163 e. The Morgan fingerprint density at radius 3 is 2.53 bits per heavy atom. The molecule has 0 aliphatic carbocycles. The van der Waals surface area contributed by atoms with Gasteiger partial charge in [0.25, 0.3) is 0 Å². The van der Waals surface area contributed by atoms with Crippen LogP contribution in [0.3, 0.4) is 0 Å². The fraction of sp³-hybridized carbons (Fsp3) is 0.462. The third-order valence-corrected chi connectivity index (χ3v) is 2.98. The van der Waals surface area contributed by atoms with E-state index in [0.29, 0.717) is 6.42 Å². The van der Waals surface area contributed by atoms with Gasteiger partial charge in [0, 0.05) is 17.3 Å². The second-order valence-electron chi connectivity index (χ2n) is 3.56. The van der Waals surface area contributed by atoms with Crippen molar-refractivity contribution in [3.63, 3.8) is 0 Å². The van der Waals surface area contributed by atoms with Gasteiger partial charge in [-0.05, 0) is 30.0 Å². The predicted molar refractivity (Wildman–Crippen MR) is 67.9 cm³/mol. The summed E-state index contributed by atoms with van der Waals surface area (Å²) in [7, 11) is 0. The molecule has 0 fully saturated rings. The first kappa shape index (κ1) is 12.4. The van der Waals surface area contributed by atoms with Crippen LogP contribution in [0.25, 0.3) is 0 Å². The van der Waals surface area contributed by atoms with Gasteiger partial charge in [-0.2, -0.15) is 0 Å². The van der Waals surface area contributed by atoms with Crippen molar-refractivity contribution in [2.75, 3.05) is 5.33 Å². The lowest BCUT2D eigenvalue weighted by atomic mass is 9.97. The van der Waals surface area contributed by atoms with Crippen LogP contribution in [-0.2, 0) is 12.8 Å². The Morgan fingerprint density at radius 2 is 2.00 bits per heavy atom. The van der Waals surface area contributed by atoms with Crippen molar-refractivity contribution >= 4 is 21.7 Å². The van der Waals surface area contributed by atoms with Crippen LogP contribution in [0.2, 0.25) is 0 Å². The summed E-state index contributed by atoms with van der Waals surface area (Å²) in [5, 5.41) is 0.741. The van der Waals surface area contributed by atoms with Crippen molar-refractivity contribution in [3.05, 3.63) is 34.9 Å². The van der Waals surface area contributed by atoms with Crippen molar-refractivity contribution in [3.8, 4) is 0 Å². The van der Waals surface area contributed by atoms with Crippen molar-refractivity contribution in [1.29, 1.82) is 0 Å². The zero-order valence-electron chi connectivity index (χ0n) is 9.35. The largest absolute Gasteiger partial charge is 0.294 e. The van der Waals surface area contributed by atoms with Gasteiger partial charge in [0.15, 0.2) is 5.78 Å². The Kier molecular flexibility index (Phi) is 5.03. The van der Waals surface area contributed by atoms with Gasteiger partial charge < -0.3 is 0 Å². The molecule has 1 aromatic rings. The summed E-state index contributed by atoms with van der Waals surface area (Å²) >= 11 is 3.31. The summed E-state index contributed by atoms with van der Waals surface area (Å²) in [5.74, 6) is 0.249. The highest BCUT2D eigenvalue weighted by molar-refractivity contribution is 9.09. The first-order valence-corrected chi connectivity index (χ1v) is 6.56. The first-order valence-electron chi connectivity index (χ1n) is 5.43. The van der Waals surface area contributed by atoms with Crippen LogP contribution < -0.4 is 0 Å². The van der Waals surface area contributed by atoms with Gasteiger partial charge in [0.2, 0.25) is 0 Å². The van der Waals surface area contributed by atoms with E-state index in [1.807, 2.05) is 6.07 Å². The molecule has 0 radical (unpaired) electrons. The summed E-state index contributed by atoms with van der Waals surface area (Å²) in [6, 6.07) is 6.24. The molecule has 0 aromatic heterocycles. The molecule has 0 bridgehead atoms. The first-order chi connectivity index (χ1) is 7.22. The zero-order valence-corrected chi connectivity index (χ0v) is 10.9. The minimum atomic E-state index is 0.249. The fourth-order valence-corrected chi connectivity index (χ4v) is 1.99. The molecule has 0 aliphatic heterocycles. The number of carbonyl (C=O) groups excluding carboxylic acids is 1. The summed E-state index contributed by atoms with van der Waals surface area (Å²) in [5.41, 5.74) is 3.32. The number of benzene rings is 1. The summed E-state index contributed by atoms with van der Waals surface area (Å²) < 4.78 is 0. The van der Waals surface area contributed by atoms with E-state index in [9.17, 15) is 4.79 Å². The van der Waals surface area contributed by atoms with Gasteiger partial charge in [-0.15, -0.1) is 0 Å². The van der Waals surface area contributed by atoms with Crippen LogP contribution in [0.4, 0.5) is 0 Å². The van der Waals surface area contributed by atoms with E-state index in [-0.39, 0.29) is 5.78 Å². The second kappa shape index (κ2) is 6.06. The maximum atomic E-state index is 11.9. The number of halogens is 1. The molecule has 0 atom stereocenters. The van der Waals surface area contributed by atoms with Crippen LogP contribution in [0, 0.1) is 0 Å². The molecule has 0 saturated carbocycles. The number of aryl methyl sites for hydroxylation is 2. The average molecular weight is 269 g/mol. The third kappa shape index (κ3) is 3.16.